The third kappa shape index (κ3) is 18.4. The van der Waals surface area contributed by atoms with Crippen LogP contribution in [-0.4, -0.2) is 35.4 Å². The number of benzene rings is 19. The Labute approximate surface area is 816 Å². The van der Waals surface area contributed by atoms with Crippen LogP contribution >= 0.6 is 31.9 Å². The molecule has 0 amide bonds. The van der Waals surface area contributed by atoms with Gasteiger partial charge in [-0.1, -0.05) is 312 Å². The van der Waals surface area contributed by atoms with Crippen LogP contribution in [0.2, 0.25) is 0 Å². The molecule has 2 N–H and O–H groups in total. The van der Waals surface area contributed by atoms with Crippen LogP contribution in [0.15, 0.2) is 446 Å². The standard InChI is InChI=1S/C37H23N3.C25H15FN2.C19H11BrN2.2C13H10.C7H3BrFN.C6H6BFO2.2CH4.H2/c38-24-25-21-22-37(40-34-18-8-3-13-28(34)29-14-4-9-19-35(29)40)31(23-25)30-15-5-10-20-36(30)39-32-16-6-1-11-26(32)27-12-2-7-17-33(27)39;26-22-10-4-1-7-18(22)21-15-17(16-27)13-14-25(21)28-23-11-5-2-8-19(23)20-9-3-6-12-24(20)28;20-16-11-13(12-21)9-10-19(16)22-17-7-3-1-5-14(17)15-6-2-4-8-18(15)22;2*1-3-7-12-10(5-1)9-11-6-2-4-8-13(11)12;8-6-3-5(4-10)1-2-7(6)9;8-6-4-2-1-3-5(6)7(9)10;;;/h1-23H;1-15H;1-11H;2*1-8H,9H2;1-3H;1-4,9-10H;2*1H4;1H/i;;;;;;;;;1+1. The second-order valence-electron chi connectivity index (χ2n) is 32.6. The SMILES string of the molecule is C.C.N#Cc1ccc(-n2c3ccccc3c3ccccc32)c(-c2ccccc2-n2c3ccccc3c3ccccc32)c1.N#Cc1ccc(-n2c3ccccc3c3ccccc32)c(-c2ccccc2F)c1.N#Cc1ccc(-n2c3ccccc3c3ccccc32)c(Br)c1.N#Cc1ccc(F)c(Br)c1.OB(O)c1ccccc1F.[2HH].c1ccc2c(c1)Cc1ccccc1-2.c1ccc2c(c1)Cc1ccccc1-2. The van der Waals surface area contributed by atoms with Gasteiger partial charge in [0.25, 0.3) is 0 Å². The van der Waals surface area contributed by atoms with Crippen molar-refractivity contribution in [3.05, 3.63) is 508 Å². The van der Waals surface area contributed by atoms with Gasteiger partial charge in [-0.2, -0.15) is 21.0 Å². The first-order valence-electron chi connectivity index (χ1n) is 44.1. The summed E-state index contributed by atoms with van der Waals surface area (Å²) in [5.41, 5.74) is 30.0. The van der Waals surface area contributed by atoms with Crippen LogP contribution in [0.4, 0.5) is 13.2 Å². The van der Waals surface area contributed by atoms with Crippen LogP contribution < -0.4 is 5.46 Å². The van der Waals surface area contributed by atoms with E-state index >= 15 is 0 Å². The third-order valence-electron chi connectivity index (χ3n) is 24.6. The van der Waals surface area contributed by atoms with Crippen molar-refractivity contribution in [2.45, 2.75) is 27.7 Å². The minimum atomic E-state index is -1.72. The number of halogens is 5. The zero-order valence-electron chi connectivity index (χ0n) is 72.9. The first-order chi connectivity index (χ1) is 66.7. The van der Waals surface area contributed by atoms with Gasteiger partial charge in [0, 0.05) is 76.7 Å². The molecule has 0 spiro atoms. The Morgan fingerprint density at radius 2 is 0.471 bits per heavy atom. The minimum absolute atomic E-state index is 0. The third-order valence-corrected chi connectivity index (χ3v) is 25.9. The first kappa shape index (κ1) is 92.9. The van der Waals surface area contributed by atoms with Crippen molar-refractivity contribution in [2.24, 2.45) is 0 Å². The van der Waals surface area contributed by atoms with Crippen LogP contribution in [0, 0.1) is 62.8 Å². The highest BCUT2D eigenvalue weighted by atomic mass is 79.9. The average Bonchev–Trinajstić information content (AvgIpc) is 1.58. The molecule has 138 heavy (non-hydrogen) atoms. The van der Waals surface area contributed by atoms with Crippen LogP contribution in [0.5, 0.6) is 0 Å². The van der Waals surface area contributed by atoms with Crippen molar-refractivity contribution >= 4 is 132 Å². The molecule has 0 saturated carbocycles. The Balaban J connectivity index is 0.000000124. The van der Waals surface area contributed by atoms with E-state index in [1.54, 1.807) is 24.3 Å². The summed E-state index contributed by atoms with van der Waals surface area (Å²) in [5, 5.41) is 63.4. The highest BCUT2D eigenvalue weighted by molar-refractivity contribution is 9.10. The summed E-state index contributed by atoms with van der Waals surface area (Å²) in [7, 11) is -1.72. The summed E-state index contributed by atoms with van der Waals surface area (Å²) in [6, 6.07) is 153. The number of fused-ring (bicyclic) bond motifs is 18. The van der Waals surface area contributed by atoms with Crippen molar-refractivity contribution in [3.63, 3.8) is 0 Å². The summed E-state index contributed by atoms with van der Waals surface area (Å²) in [6.07, 6.45) is 2.21. The van der Waals surface area contributed by atoms with Gasteiger partial charge >= 0.3 is 7.12 Å². The molecule has 2 aliphatic rings. The van der Waals surface area contributed by atoms with E-state index in [0.29, 0.717) is 37.9 Å². The van der Waals surface area contributed by atoms with Crippen LogP contribution in [-0.2, 0) is 12.8 Å². The highest BCUT2D eigenvalue weighted by Gasteiger charge is 2.25. The summed E-state index contributed by atoms with van der Waals surface area (Å²) in [6.45, 7) is 0. The number of para-hydroxylation sites is 9. The molecular weight excluding hydrogens is 1840 g/mol. The monoisotopic (exact) mass is 1920 g/mol. The first-order valence-corrected chi connectivity index (χ1v) is 45.7. The minimum Gasteiger partial charge on any atom is -0.423 e. The lowest BCUT2D eigenvalue weighted by molar-refractivity contribution is 0.423. The molecular formula is C122H88BBr2F3N8O2. The van der Waals surface area contributed by atoms with Gasteiger partial charge in [0.05, 0.1) is 118 Å². The molecule has 0 radical (unpaired) electrons. The highest BCUT2D eigenvalue weighted by Crippen LogP contribution is 2.45. The van der Waals surface area contributed by atoms with Gasteiger partial charge in [-0.05, 0) is 229 Å². The van der Waals surface area contributed by atoms with Crippen LogP contribution in [0.25, 0.3) is 154 Å². The lowest BCUT2D eigenvalue weighted by Crippen LogP contribution is -2.32. The Kier molecular flexibility index (Phi) is 28.1. The normalized spacial score (nSPS) is 10.9. The predicted octanol–water partition coefficient (Wildman–Crippen LogP) is 31.3. The molecule has 0 bridgehead atoms. The molecule has 10 nitrogen and oxygen atoms in total. The molecule has 0 aliphatic heterocycles. The summed E-state index contributed by atoms with van der Waals surface area (Å²) < 4.78 is 50.0. The number of hydrogen-bond donors (Lipinski definition) is 2. The fraction of sp³-hybridized carbons (Fsp3) is 0.0328. The van der Waals surface area contributed by atoms with Gasteiger partial charge in [-0.3, -0.25) is 0 Å². The maximum atomic E-state index is 14.7. The largest absolute Gasteiger partial charge is 0.491 e. The molecule has 0 fully saturated rings. The van der Waals surface area contributed by atoms with Crippen molar-refractivity contribution in [3.8, 4) is 91.5 Å². The van der Waals surface area contributed by atoms with Crippen molar-refractivity contribution < 1.29 is 24.6 Å². The zero-order valence-corrected chi connectivity index (χ0v) is 76.1. The second kappa shape index (κ2) is 41.7. The van der Waals surface area contributed by atoms with Gasteiger partial charge in [-0.25, -0.2) is 13.2 Å². The smallest absolute Gasteiger partial charge is 0.423 e. The Morgan fingerprint density at radius 1 is 0.232 bits per heavy atom. The summed E-state index contributed by atoms with van der Waals surface area (Å²) in [5.74, 6) is -1.25. The van der Waals surface area contributed by atoms with Crippen LogP contribution in [0.3, 0.4) is 0 Å². The van der Waals surface area contributed by atoms with Gasteiger partial charge in [0.1, 0.15) is 17.5 Å². The predicted molar refractivity (Wildman–Crippen MR) is 569 cm³/mol. The van der Waals surface area contributed by atoms with E-state index in [0.717, 1.165) is 106 Å². The molecule has 19 aromatic carbocycles. The lowest BCUT2D eigenvalue weighted by atomic mass is 9.80. The fourth-order valence-electron chi connectivity index (χ4n) is 18.5. The van der Waals surface area contributed by atoms with Crippen molar-refractivity contribution in [1.82, 2.24) is 18.3 Å². The zero-order chi connectivity index (χ0) is 93.3. The Morgan fingerprint density at radius 3 is 0.775 bits per heavy atom. The van der Waals surface area contributed by atoms with Crippen molar-refractivity contribution in [1.29, 1.82) is 21.0 Å². The Hall–Kier alpha value is -16.9. The van der Waals surface area contributed by atoms with E-state index in [1.165, 1.54) is 125 Å². The lowest BCUT2D eigenvalue weighted by Gasteiger charge is -2.18. The van der Waals surface area contributed by atoms with E-state index in [9.17, 15) is 23.7 Å². The Bertz CT molecular complexity index is 8350. The number of nitrogens with zero attached hydrogens (tertiary/aromatic N) is 8. The molecule has 16 heteroatoms. The molecule has 25 rings (SSSR count). The molecule has 23 aromatic rings. The van der Waals surface area contributed by atoms with Gasteiger partial charge in [0.2, 0.25) is 0 Å². The topological polar surface area (TPSA) is 155 Å². The molecule has 0 saturated heterocycles. The molecule has 4 aromatic heterocycles. The number of hydrogen-bond acceptors (Lipinski definition) is 6. The number of rotatable bonds is 7. The molecule has 666 valence electrons. The molecule has 0 atom stereocenters. The average molecular weight is 1930 g/mol. The number of aromatic nitrogens is 4. The van der Waals surface area contributed by atoms with Gasteiger partial charge < -0.3 is 28.3 Å². The van der Waals surface area contributed by atoms with Crippen molar-refractivity contribution in [2.75, 3.05) is 0 Å². The maximum Gasteiger partial charge on any atom is 0.491 e. The quantitative estimate of drug-likeness (QED) is 0.151. The van der Waals surface area contributed by atoms with Gasteiger partial charge in [0.15, 0.2) is 0 Å². The molecule has 0 unspecified atom stereocenters. The van der Waals surface area contributed by atoms with E-state index in [-0.39, 0.29) is 33.4 Å². The van der Waals surface area contributed by atoms with E-state index in [2.05, 4.69) is 366 Å². The number of nitriles is 4. The summed E-state index contributed by atoms with van der Waals surface area (Å²) >= 11 is 6.57. The van der Waals surface area contributed by atoms with E-state index < -0.39 is 12.9 Å². The maximum absolute atomic E-state index is 14.7. The van der Waals surface area contributed by atoms with Gasteiger partial charge in [-0.15, -0.1) is 0 Å². The summed E-state index contributed by atoms with van der Waals surface area (Å²) in [4.78, 5) is 0. The molecule has 2 aliphatic carbocycles. The van der Waals surface area contributed by atoms with Crippen LogP contribution in [0.1, 0.15) is 60.8 Å². The fourth-order valence-corrected chi connectivity index (χ4v) is 19.4. The molecule has 4 heterocycles. The van der Waals surface area contributed by atoms with E-state index in [1.807, 2.05) is 72.8 Å². The van der Waals surface area contributed by atoms with E-state index in [4.69, 9.17) is 20.6 Å². The second-order valence-corrected chi connectivity index (χ2v) is 34.3.